The Morgan fingerprint density at radius 1 is 1.06 bits per heavy atom. The second kappa shape index (κ2) is 11.9. The third-order valence-corrected chi connectivity index (χ3v) is 6.09. The number of rotatable bonds is 11. The van der Waals surface area contributed by atoms with Crippen molar-refractivity contribution in [3.05, 3.63) is 36.0 Å². The average Bonchev–Trinajstić information content (AvgIpc) is 3.50. The summed E-state index contributed by atoms with van der Waals surface area (Å²) < 4.78 is 0. The number of aromatic amines is 1. The molecule has 34 heavy (non-hydrogen) atoms. The van der Waals surface area contributed by atoms with Gasteiger partial charge in [0.05, 0.1) is 12.6 Å². The number of carboxylic acids is 1. The van der Waals surface area contributed by atoms with Crippen molar-refractivity contribution < 1.29 is 29.4 Å². The molecule has 0 spiro atoms. The van der Waals surface area contributed by atoms with Gasteiger partial charge in [-0.1, -0.05) is 18.2 Å². The molecule has 3 amide bonds. The number of carbonyl (C=O) groups is 4. The first-order valence-corrected chi connectivity index (χ1v) is 11.6. The van der Waals surface area contributed by atoms with Crippen LogP contribution >= 0.6 is 12.6 Å². The Balaban J connectivity index is 1.76. The van der Waals surface area contributed by atoms with Gasteiger partial charge in [0.25, 0.3) is 0 Å². The normalized spacial score (nSPS) is 18.1. The number of nitrogens with one attached hydrogen (secondary N) is 5. The van der Waals surface area contributed by atoms with Gasteiger partial charge in [0, 0.05) is 29.3 Å². The minimum Gasteiger partial charge on any atom is -0.480 e. The Kier molecular flexibility index (Phi) is 8.91. The van der Waals surface area contributed by atoms with E-state index in [4.69, 9.17) is 5.11 Å². The summed E-state index contributed by atoms with van der Waals surface area (Å²) in [7, 11) is 0. The molecule has 0 saturated carbocycles. The van der Waals surface area contributed by atoms with Crippen LogP contribution in [0.15, 0.2) is 30.5 Å². The number of para-hydroxylation sites is 1. The van der Waals surface area contributed by atoms with Crippen LogP contribution in [0.2, 0.25) is 0 Å². The molecule has 1 aliphatic rings. The van der Waals surface area contributed by atoms with Crippen molar-refractivity contribution in [1.29, 1.82) is 0 Å². The molecule has 0 aliphatic carbocycles. The largest absolute Gasteiger partial charge is 0.480 e. The number of aliphatic hydroxyl groups is 1. The molecule has 7 N–H and O–H groups in total. The Morgan fingerprint density at radius 2 is 1.76 bits per heavy atom. The molecule has 1 aliphatic heterocycles. The summed E-state index contributed by atoms with van der Waals surface area (Å²) in [5.41, 5.74) is 1.67. The van der Waals surface area contributed by atoms with E-state index in [-0.39, 0.29) is 18.1 Å². The number of thiol groups is 1. The van der Waals surface area contributed by atoms with Crippen LogP contribution < -0.4 is 21.3 Å². The van der Waals surface area contributed by atoms with E-state index in [1.54, 1.807) is 6.20 Å². The van der Waals surface area contributed by atoms with Gasteiger partial charge in [-0.05, 0) is 31.0 Å². The summed E-state index contributed by atoms with van der Waals surface area (Å²) in [5.74, 6) is -3.33. The number of amides is 3. The molecule has 4 unspecified atom stereocenters. The molecule has 1 saturated heterocycles. The van der Waals surface area contributed by atoms with E-state index in [2.05, 4.69) is 38.9 Å². The molecule has 3 rings (SSSR count). The van der Waals surface area contributed by atoms with Crippen LogP contribution in [0.1, 0.15) is 18.4 Å². The molecule has 12 heteroatoms. The van der Waals surface area contributed by atoms with Crippen molar-refractivity contribution in [1.82, 2.24) is 26.3 Å². The van der Waals surface area contributed by atoms with Gasteiger partial charge in [0.1, 0.15) is 18.1 Å². The lowest BCUT2D eigenvalue weighted by atomic mass is 10.0. The maximum absolute atomic E-state index is 13.1. The molecule has 2 aromatic rings. The zero-order valence-corrected chi connectivity index (χ0v) is 19.3. The van der Waals surface area contributed by atoms with Crippen LogP contribution in [-0.2, 0) is 25.6 Å². The fourth-order valence-electron chi connectivity index (χ4n) is 3.83. The van der Waals surface area contributed by atoms with Gasteiger partial charge in [0.15, 0.2) is 0 Å². The summed E-state index contributed by atoms with van der Waals surface area (Å²) in [6.07, 6.45) is 3.39. The molecule has 1 aromatic heterocycles. The topological polar surface area (TPSA) is 173 Å². The van der Waals surface area contributed by atoms with Crippen molar-refractivity contribution in [2.45, 2.75) is 43.4 Å². The number of benzene rings is 1. The lowest BCUT2D eigenvalue weighted by Crippen LogP contribution is -2.58. The van der Waals surface area contributed by atoms with Crippen LogP contribution in [0.4, 0.5) is 0 Å². The van der Waals surface area contributed by atoms with Gasteiger partial charge in [-0.25, -0.2) is 4.79 Å². The highest BCUT2D eigenvalue weighted by molar-refractivity contribution is 7.80. The molecule has 184 valence electrons. The van der Waals surface area contributed by atoms with Crippen molar-refractivity contribution in [3.63, 3.8) is 0 Å². The van der Waals surface area contributed by atoms with Crippen molar-refractivity contribution in [2.75, 3.05) is 18.9 Å². The van der Waals surface area contributed by atoms with E-state index in [0.29, 0.717) is 13.0 Å². The Labute approximate surface area is 201 Å². The number of aliphatic hydroxyl groups excluding tert-OH is 1. The zero-order valence-electron chi connectivity index (χ0n) is 18.4. The number of hydrogen-bond donors (Lipinski definition) is 8. The Hall–Kier alpha value is -3.09. The quantitative estimate of drug-likeness (QED) is 0.185. The van der Waals surface area contributed by atoms with Crippen molar-refractivity contribution >= 4 is 47.2 Å². The van der Waals surface area contributed by atoms with E-state index in [1.165, 1.54) is 0 Å². The molecule has 4 atom stereocenters. The molecular formula is C22H29N5O6S. The Bertz CT molecular complexity index is 1040. The number of fused-ring (bicyclic) bond motifs is 1. The SMILES string of the molecule is O=C(O)C(CS)NC(=O)C(CO)NC(=O)C(Cc1c[nH]c2ccccc12)NC(=O)C1CCCN1. The van der Waals surface area contributed by atoms with Crippen LogP contribution in [0.5, 0.6) is 0 Å². The predicted octanol–water partition coefficient (Wildman–Crippen LogP) is -1.08. The first-order chi connectivity index (χ1) is 16.3. The highest BCUT2D eigenvalue weighted by Crippen LogP contribution is 2.19. The highest BCUT2D eigenvalue weighted by Gasteiger charge is 2.31. The van der Waals surface area contributed by atoms with E-state index in [1.807, 2.05) is 24.3 Å². The van der Waals surface area contributed by atoms with E-state index >= 15 is 0 Å². The smallest absolute Gasteiger partial charge is 0.327 e. The number of carbonyl (C=O) groups excluding carboxylic acids is 3. The predicted molar refractivity (Wildman–Crippen MR) is 127 cm³/mol. The number of aromatic nitrogens is 1. The first kappa shape index (κ1) is 25.5. The molecular weight excluding hydrogens is 462 g/mol. The third-order valence-electron chi connectivity index (χ3n) is 5.72. The zero-order chi connectivity index (χ0) is 24.7. The summed E-state index contributed by atoms with van der Waals surface area (Å²) in [4.78, 5) is 52.6. The third kappa shape index (κ3) is 6.27. The van der Waals surface area contributed by atoms with Gasteiger partial charge < -0.3 is 36.5 Å². The summed E-state index contributed by atoms with van der Waals surface area (Å²) in [6, 6.07) is 3.39. The second-order valence-electron chi connectivity index (χ2n) is 8.10. The number of H-pyrrole nitrogens is 1. The van der Waals surface area contributed by atoms with Crippen LogP contribution in [0, 0.1) is 0 Å². The second-order valence-corrected chi connectivity index (χ2v) is 8.46. The number of carboxylic acid groups (broad SMARTS) is 1. The number of hydrogen-bond acceptors (Lipinski definition) is 7. The molecule has 1 fully saturated rings. The standard InChI is InChI=1S/C22H29N5O6S/c28-10-17(21(31)27-18(11-34)22(32)33)26-20(30)16(25-19(29)15-6-3-7-23-15)8-12-9-24-14-5-2-1-4-13(12)14/h1-2,4-5,9,15-18,23-24,28,34H,3,6-8,10-11H2,(H,25,29)(H,26,30)(H,27,31)(H,32,33). The van der Waals surface area contributed by atoms with Crippen molar-refractivity contribution in [2.24, 2.45) is 0 Å². The summed E-state index contributed by atoms with van der Waals surface area (Å²) >= 11 is 3.89. The van der Waals surface area contributed by atoms with E-state index in [9.17, 15) is 24.3 Å². The number of aliphatic carboxylic acids is 1. The summed E-state index contributed by atoms with van der Waals surface area (Å²) in [5, 5.41) is 30.1. The van der Waals surface area contributed by atoms with Crippen LogP contribution in [-0.4, -0.2) is 82.0 Å². The van der Waals surface area contributed by atoms with E-state index < -0.39 is 48.6 Å². The van der Waals surface area contributed by atoms with Crippen LogP contribution in [0.3, 0.4) is 0 Å². The minimum absolute atomic E-state index is 0.141. The average molecular weight is 492 g/mol. The maximum Gasteiger partial charge on any atom is 0.327 e. The van der Waals surface area contributed by atoms with Gasteiger partial charge in [-0.15, -0.1) is 0 Å². The van der Waals surface area contributed by atoms with Gasteiger partial charge >= 0.3 is 5.97 Å². The van der Waals surface area contributed by atoms with Gasteiger partial charge in [-0.3, -0.25) is 14.4 Å². The lowest BCUT2D eigenvalue weighted by molar-refractivity contribution is -0.142. The van der Waals surface area contributed by atoms with Crippen LogP contribution in [0.25, 0.3) is 10.9 Å². The van der Waals surface area contributed by atoms with Gasteiger partial charge in [-0.2, -0.15) is 12.6 Å². The molecule has 0 radical (unpaired) electrons. The molecule has 1 aromatic carbocycles. The lowest BCUT2D eigenvalue weighted by Gasteiger charge is -2.24. The molecule has 0 bridgehead atoms. The summed E-state index contributed by atoms with van der Waals surface area (Å²) in [6.45, 7) is -0.0472. The van der Waals surface area contributed by atoms with E-state index in [0.717, 1.165) is 22.9 Å². The Morgan fingerprint density at radius 3 is 2.41 bits per heavy atom. The monoisotopic (exact) mass is 491 g/mol. The molecule has 2 heterocycles. The maximum atomic E-state index is 13.1. The fraction of sp³-hybridized carbons (Fsp3) is 0.455. The van der Waals surface area contributed by atoms with Crippen molar-refractivity contribution in [3.8, 4) is 0 Å². The highest BCUT2D eigenvalue weighted by atomic mass is 32.1. The fourth-order valence-corrected chi connectivity index (χ4v) is 4.08. The first-order valence-electron chi connectivity index (χ1n) is 11.0. The molecule has 11 nitrogen and oxygen atoms in total. The van der Waals surface area contributed by atoms with Gasteiger partial charge in [0.2, 0.25) is 17.7 Å². The minimum atomic E-state index is -1.40.